The molecule has 0 nitrogen and oxygen atoms in total. The fourth-order valence-corrected chi connectivity index (χ4v) is 9.19. The molecule has 244 valence electrons. The lowest BCUT2D eigenvalue weighted by atomic mass is 9.80. The van der Waals surface area contributed by atoms with Crippen LogP contribution in [0.25, 0.3) is 77.2 Å². The molecule has 0 unspecified atom stereocenters. The first-order chi connectivity index (χ1) is 24.7. The maximum atomic E-state index is 2.45. The van der Waals surface area contributed by atoms with Crippen molar-refractivity contribution in [3.63, 3.8) is 0 Å². The number of aryl methyl sites for hydroxylation is 1. The Labute approximate surface area is 301 Å². The van der Waals surface area contributed by atoms with E-state index >= 15 is 0 Å². The van der Waals surface area contributed by atoms with Crippen LogP contribution in [0.4, 0.5) is 0 Å². The third-order valence-corrected chi connectivity index (χ3v) is 12.2. The van der Waals surface area contributed by atoms with Gasteiger partial charge in [0.2, 0.25) is 0 Å². The minimum atomic E-state index is -0.104. The van der Waals surface area contributed by atoms with Gasteiger partial charge in [0.05, 0.1) is 0 Å². The van der Waals surface area contributed by atoms with Gasteiger partial charge in [-0.2, -0.15) is 0 Å². The van der Waals surface area contributed by atoms with Crippen molar-refractivity contribution in [1.29, 1.82) is 0 Å². The lowest BCUT2D eigenvalue weighted by Crippen LogP contribution is -2.15. The molecule has 51 heavy (non-hydrogen) atoms. The second-order valence-corrected chi connectivity index (χ2v) is 15.9. The largest absolute Gasteiger partial charge is 0.0619 e. The van der Waals surface area contributed by atoms with Crippen LogP contribution in [0.5, 0.6) is 0 Å². The zero-order valence-corrected chi connectivity index (χ0v) is 29.9. The third kappa shape index (κ3) is 4.46. The molecule has 0 bridgehead atoms. The van der Waals surface area contributed by atoms with Gasteiger partial charge in [0.15, 0.2) is 0 Å². The molecule has 0 radical (unpaired) electrons. The first-order valence-corrected chi connectivity index (χ1v) is 18.2. The molecule has 0 amide bonds. The maximum Gasteiger partial charge on any atom is 0.0159 e. The Morgan fingerprint density at radius 2 is 0.725 bits per heavy atom. The molecular formula is C51H40. The van der Waals surface area contributed by atoms with Crippen LogP contribution >= 0.6 is 0 Å². The molecule has 0 aliphatic heterocycles. The van der Waals surface area contributed by atoms with Gasteiger partial charge in [0.1, 0.15) is 0 Å². The van der Waals surface area contributed by atoms with Crippen molar-refractivity contribution in [3.8, 4) is 55.6 Å². The van der Waals surface area contributed by atoms with E-state index in [-0.39, 0.29) is 10.8 Å². The Kier molecular flexibility index (Phi) is 6.29. The van der Waals surface area contributed by atoms with E-state index < -0.39 is 0 Å². The summed E-state index contributed by atoms with van der Waals surface area (Å²) < 4.78 is 0. The summed E-state index contributed by atoms with van der Waals surface area (Å²) in [6, 6.07) is 57.4. The van der Waals surface area contributed by atoms with E-state index in [1.807, 2.05) is 0 Å². The fourth-order valence-electron chi connectivity index (χ4n) is 9.19. The van der Waals surface area contributed by atoms with Crippen molar-refractivity contribution in [2.24, 2.45) is 0 Å². The van der Waals surface area contributed by atoms with Crippen molar-refractivity contribution in [3.05, 3.63) is 179 Å². The van der Waals surface area contributed by atoms with Crippen LogP contribution in [0.3, 0.4) is 0 Å². The van der Waals surface area contributed by atoms with E-state index in [4.69, 9.17) is 0 Å². The van der Waals surface area contributed by atoms with Gasteiger partial charge in [-0.25, -0.2) is 0 Å². The first kappa shape index (κ1) is 30.1. The van der Waals surface area contributed by atoms with Crippen LogP contribution in [0, 0.1) is 6.92 Å². The van der Waals surface area contributed by atoms with Gasteiger partial charge in [-0.15, -0.1) is 0 Å². The predicted octanol–water partition coefficient (Wildman–Crippen LogP) is 13.9. The zero-order valence-electron chi connectivity index (χ0n) is 29.9. The molecule has 0 heteroatoms. The smallest absolute Gasteiger partial charge is 0.0159 e. The Bertz CT molecular complexity index is 2750. The average molecular weight is 653 g/mol. The Balaban J connectivity index is 0.976. The van der Waals surface area contributed by atoms with Crippen LogP contribution < -0.4 is 0 Å². The maximum absolute atomic E-state index is 2.45. The molecule has 0 N–H and O–H groups in total. The van der Waals surface area contributed by atoms with Gasteiger partial charge in [-0.1, -0.05) is 143 Å². The highest BCUT2D eigenvalue weighted by molar-refractivity contribution is 5.95. The van der Waals surface area contributed by atoms with Gasteiger partial charge in [-0.05, 0) is 148 Å². The molecule has 10 rings (SSSR count). The summed E-state index contributed by atoms with van der Waals surface area (Å²) in [6.45, 7) is 11.7. The van der Waals surface area contributed by atoms with Crippen LogP contribution in [0.1, 0.15) is 55.5 Å². The van der Waals surface area contributed by atoms with Crippen molar-refractivity contribution in [2.75, 3.05) is 0 Å². The van der Waals surface area contributed by atoms with Gasteiger partial charge in [0.25, 0.3) is 0 Å². The SMILES string of the molecule is Cc1cccc2ccc(-c3ccc4cc(-c5ccc6c(c5)C(C)(C)c5cc(-c7ccc8c(c7)C(C)(C)c7ccccc7-8)ccc5-6)ccc4c3)cc12. The summed E-state index contributed by atoms with van der Waals surface area (Å²) in [5.74, 6) is 0. The van der Waals surface area contributed by atoms with Crippen LogP contribution in [-0.4, -0.2) is 0 Å². The van der Waals surface area contributed by atoms with E-state index in [9.17, 15) is 0 Å². The summed E-state index contributed by atoms with van der Waals surface area (Å²) in [7, 11) is 0. The lowest BCUT2D eigenvalue weighted by molar-refractivity contribution is 0.659. The summed E-state index contributed by atoms with van der Waals surface area (Å²) in [5, 5.41) is 5.14. The number of rotatable bonds is 3. The number of benzene rings is 8. The predicted molar refractivity (Wildman–Crippen MR) is 218 cm³/mol. The van der Waals surface area contributed by atoms with Crippen LogP contribution in [0.15, 0.2) is 152 Å². The quantitative estimate of drug-likeness (QED) is 0.178. The summed E-state index contributed by atoms with van der Waals surface area (Å²) in [5.41, 5.74) is 19.9. The molecule has 0 spiro atoms. The second-order valence-electron chi connectivity index (χ2n) is 15.9. The van der Waals surface area contributed by atoms with E-state index in [2.05, 4.69) is 186 Å². The topological polar surface area (TPSA) is 0 Å². The first-order valence-electron chi connectivity index (χ1n) is 18.2. The molecule has 0 fully saturated rings. The fraction of sp³-hybridized carbons (Fsp3) is 0.137. The van der Waals surface area contributed by atoms with Gasteiger partial charge in [0, 0.05) is 10.8 Å². The summed E-state index contributed by atoms with van der Waals surface area (Å²) in [4.78, 5) is 0. The molecule has 8 aromatic carbocycles. The second kappa shape index (κ2) is 10.6. The number of hydrogen-bond donors (Lipinski definition) is 0. The molecule has 0 saturated carbocycles. The Hall–Kier alpha value is -5.72. The Morgan fingerprint density at radius 1 is 0.314 bits per heavy atom. The van der Waals surface area contributed by atoms with Crippen LogP contribution in [0.2, 0.25) is 0 Å². The third-order valence-electron chi connectivity index (χ3n) is 12.2. The minimum Gasteiger partial charge on any atom is -0.0619 e. The average Bonchev–Trinajstić information content (AvgIpc) is 3.53. The summed E-state index contributed by atoms with van der Waals surface area (Å²) >= 11 is 0. The molecule has 0 saturated heterocycles. The highest BCUT2D eigenvalue weighted by atomic mass is 14.4. The van der Waals surface area contributed by atoms with Crippen molar-refractivity contribution in [2.45, 2.75) is 45.4 Å². The van der Waals surface area contributed by atoms with Crippen molar-refractivity contribution in [1.82, 2.24) is 0 Å². The van der Waals surface area contributed by atoms with E-state index in [0.717, 1.165) is 0 Å². The number of fused-ring (bicyclic) bond motifs is 8. The summed E-state index contributed by atoms with van der Waals surface area (Å²) in [6.07, 6.45) is 0. The highest BCUT2D eigenvalue weighted by Gasteiger charge is 2.37. The molecule has 2 aliphatic carbocycles. The molecule has 0 atom stereocenters. The van der Waals surface area contributed by atoms with Gasteiger partial charge < -0.3 is 0 Å². The highest BCUT2D eigenvalue weighted by Crippen LogP contribution is 2.52. The van der Waals surface area contributed by atoms with E-state index in [1.165, 1.54) is 105 Å². The Morgan fingerprint density at radius 3 is 1.27 bits per heavy atom. The normalized spacial score (nSPS) is 14.7. The zero-order chi connectivity index (χ0) is 34.6. The van der Waals surface area contributed by atoms with Gasteiger partial charge >= 0.3 is 0 Å². The monoisotopic (exact) mass is 652 g/mol. The molecule has 0 aromatic heterocycles. The van der Waals surface area contributed by atoms with Crippen molar-refractivity contribution < 1.29 is 0 Å². The van der Waals surface area contributed by atoms with Gasteiger partial charge in [-0.3, -0.25) is 0 Å². The molecule has 2 aliphatic rings. The standard InChI is InChI=1S/C51H40/c1-31-9-8-10-32-13-14-37(27-45(31)32)35-17-15-34-26-36(18-16-33(34)25-35)38-19-23-43-44-24-21-40(30-49(44)51(4,5)48(43)28-38)39-20-22-42-41-11-6-7-12-46(41)50(2,3)47(42)29-39/h6-30H,1-5H3. The molecular weight excluding hydrogens is 613 g/mol. The minimum absolute atomic E-state index is 0.00788. The van der Waals surface area contributed by atoms with Crippen LogP contribution in [-0.2, 0) is 10.8 Å². The lowest BCUT2D eigenvalue weighted by Gasteiger charge is -2.23. The molecule has 0 heterocycles. The van der Waals surface area contributed by atoms with E-state index in [1.54, 1.807) is 0 Å². The van der Waals surface area contributed by atoms with Crippen molar-refractivity contribution >= 4 is 21.5 Å². The number of hydrogen-bond acceptors (Lipinski definition) is 0. The molecule has 8 aromatic rings. The van der Waals surface area contributed by atoms with E-state index in [0.29, 0.717) is 0 Å².